The average molecular weight is 287 g/mol. The van der Waals surface area contributed by atoms with Crippen molar-refractivity contribution in [3.8, 4) is 11.5 Å². The van der Waals surface area contributed by atoms with Crippen molar-refractivity contribution in [3.63, 3.8) is 0 Å². The Balaban J connectivity index is 2.48. The summed E-state index contributed by atoms with van der Waals surface area (Å²) in [5.41, 5.74) is 2.87. The molecule has 1 aromatic carbocycles. The van der Waals surface area contributed by atoms with Gasteiger partial charge in [-0.25, -0.2) is 4.98 Å². The van der Waals surface area contributed by atoms with E-state index >= 15 is 0 Å². The van der Waals surface area contributed by atoms with Gasteiger partial charge >= 0.3 is 0 Å². The van der Waals surface area contributed by atoms with E-state index in [4.69, 9.17) is 16.0 Å². The highest BCUT2D eigenvalue weighted by molar-refractivity contribution is 9.10. The van der Waals surface area contributed by atoms with Crippen LogP contribution in [0.25, 0.3) is 11.5 Å². The van der Waals surface area contributed by atoms with Crippen molar-refractivity contribution in [3.05, 3.63) is 40.2 Å². The zero-order valence-electron chi connectivity index (χ0n) is 8.13. The number of hydrogen-bond acceptors (Lipinski definition) is 2. The molecule has 2 rings (SSSR count). The minimum absolute atomic E-state index is 0.372. The Morgan fingerprint density at radius 1 is 1.47 bits per heavy atom. The molecule has 1 heterocycles. The van der Waals surface area contributed by atoms with Crippen molar-refractivity contribution in [1.29, 1.82) is 0 Å². The standard InChI is InChI=1S/C11H9BrClNO/c1-7-2-3-8(12)4-10(7)11-14-9(5-13)6-15-11/h2-4,6H,5H2,1H3. The summed E-state index contributed by atoms with van der Waals surface area (Å²) in [6, 6.07) is 5.99. The van der Waals surface area contributed by atoms with Gasteiger partial charge in [0, 0.05) is 10.0 Å². The molecule has 0 spiro atoms. The van der Waals surface area contributed by atoms with E-state index in [0.29, 0.717) is 11.8 Å². The Morgan fingerprint density at radius 2 is 2.27 bits per heavy atom. The summed E-state index contributed by atoms with van der Waals surface area (Å²) in [5.74, 6) is 0.987. The van der Waals surface area contributed by atoms with Crippen LogP contribution < -0.4 is 0 Å². The minimum atomic E-state index is 0.372. The van der Waals surface area contributed by atoms with Gasteiger partial charge in [0.05, 0.1) is 11.6 Å². The molecule has 4 heteroatoms. The number of aromatic nitrogens is 1. The van der Waals surface area contributed by atoms with Crippen LogP contribution in [0.4, 0.5) is 0 Å². The van der Waals surface area contributed by atoms with E-state index in [2.05, 4.69) is 20.9 Å². The summed E-state index contributed by atoms with van der Waals surface area (Å²) < 4.78 is 6.37. The smallest absolute Gasteiger partial charge is 0.226 e. The number of nitrogens with zero attached hydrogens (tertiary/aromatic N) is 1. The van der Waals surface area contributed by atoms with Gasteiger partial charge in [-0.15, -0.1) is 11.6 Å². The number of oxazole rings is 1. The largest absolute Gasteiger partial charge is 0.444 e. The van der Waals surface area contributed by atoms with Crippen molar-refractivity contribution in [2.45, 2.75) is 12.8 Å². The predicted octanol–water partition coefficient (Wildman–Crippen LogP) is 4.15. The Bertz CT molecular complexity index is 481. The second kappa shape index (κ2) is 4.37. The molecule has 0 aliphatic rings. The third-order valence-electron chi connectivity index (χ3n) is 2.12. The van der Waals surface area contributed by atoms with Crippen molar-refractivity contribution in [1.82, 2.24) is 4.98 Å². The molecule has 0 fully saturated rings. The first-order valence-corrected chi connectivity index (χ1v) is 5.80. The quantitative estimate of drug-likeness (QED) is 0.775. The van der Waals surface area contributed by atoms with Gasteiger partial charge in [-0.05, 0) is 24.6 Å². The second-order valence-corrected chi connectivity index (χ2v) is 4.42. The first kappa shape index (κ1) is 10.7. The predicted molar refractivity (Wildman–Crippen MR) is 63.9 cm³/mol. The third-order valence-corrected chi connectivity index (χ3v) is 2.89. The number of hydrogen-bond donors (Lipinski definition) is 0. The number of benzene rings is 1. The van der Waals surface area contributed by atoms with Crippen LogP contribution in [-0.2, 0) is 5.88 Å². The monoisotopic (exact) mass is 285 g/mol. The lowest BCUT2D eigenvalue weighted by molar-refractivity contribution is 0.573. The lowest BCUT2D eigenvalue weighted by Crippen LogP contribution is -1.84. The van der Waals surface area contributed by atoms with Crippen LogP contribution in [0, 0.1) is 6.92 Å². The molecule has 0 aliphatic carbocycles. The molecule has 0 saturated carbocycles. The third kappa shape index (κ3) is 2.24. The van der Waals surface area contributed by atoms with Crippen molar-refractivity contribution >= 4 is 27.5 Å². The zero-order chi connectivity index (χ0) is 10.8. The van der Waals surface area contributed by atoms with E-state index in [9.17, 15) is 0 Å². The normalized spacial score (nSPS) is 10.6. The lowest BCUT2D eigenvalue weighted by Gasteiger charge is -2.01. The maximum atomic E-state index is 5.67. The molecule has 0 unspecified atom stereocenters. The topological polar surface area (TPSA) is 26.0 Å². The Hall–Kier alpha value is -0.800. The Morgan fingerprint density at radius 3 is 2.93 bits per heavy atom. The second-order valence-electron chi connectivity index (χ2n) is 3.24. The van der Waals surface area contributed by atoms with Crippen LogP contribution in [0.3, 0.4) is 0 Å². The molecule has 15 heavy (non-hydrogen) atoms. The average Bonchev–Trinajstić information content (AvgIpc) is 2.70. The lowest BCUT2D eigenvalue weighted by atomic mass is 10.1. The van der Waals surface area contributed by atoms with Gasteiger partial charge in [-0.2, -0.15) is 0 Å². The van der Waals surface area contributed by atoms with Gasteiger partial charge in [0.2, 0.25) is 5.89 Å². The molecule has 0 radical (unpaired) electrons. The van der Waals surface area contributed by atoms with Crippen LogP contribution in [0.15, 0.2) is 33.4 Å². The summed E-state index contributed by atoms with van der Waals surface area (Å²) in [6.45, 7) is 2.02. The summed E-state index contributed by atoms with van der Waals surface area (Å²) >= 11 is 9.09. The van der Waals surface area contributed by atoms with E-state index in [1.807, 2.05) is 25.1 Å². The van der Waals surface area contributed by atoms with Crippen molar-refractivity contribution in [2.24, 2.45) is 0 Å². The summed E-state index contributed by atoms with van der Waals surface area (Å²) in [6.07, 6.45) is 1.59. The van der Waals surface area contributed by atoms with Gasteiger partial charge in [0.15, 0.2) is 0 Å². The van der Waals surface area contributed by atoms with Crippen LogP contribution in [0.2, 0.25) is 0 Å². The van der Waals surface area contributed by atoms with E-state index in [0.717, 1.165) is 21.3 Å². The SMILES string of the molecule is Cc1ccc(Br)cc1-c1nc(CCl)co1. The van der Waals surface area contributed by atoms with E-state index in [-0.39, 0.29) is 0 Å². The van der Waals surface area contributed by atoms with Gasteiger partial charge in [0.25, 0.3) is 0 Å². The highest BCUT2D eigenvalue weighted by Gasteiger charge is 2.09. The molecular formula is C11H9BrClNO. The molecular weight excluding hydrogens is 277 g/mol. The number of rotatable bonds is 2. The molecule has 1 aromatic heterocycles. The van der Waals surface area contributed by atoms with Crippen LogP contribution in [-0.4, -0.2) is 4.98 Å². The Kier molecular flexibility index (Phi) is 3.12. The highest BCUT2D eigenvalue weighted by atomic mass is 79.9. The summed E-state index contributed by atoms with van der Waals surface area (Å²) in [5, 5.41) is 0. The van der Waals surface area contributed by atoms with Crippen LogP contribution in [0.1, 0.15) is 11.3 Å². The maximum absolute atomic E-state index is 5.67. The summed E-state index contributed by atoms with van der Waals surface area (Å²) in [4.78, 5) is 4.28. The number of alkyl halides is 1. The van der Waals surface area contributed by atoms with E-state index in [1.165, 1.54) is 0 Å². The molecule has 0 atom stereocenters. The fourth-order valence-electron chi connectivity index (χ4n) is 1.32. The molecule has 0 saturated heterocycles. The maximum Gasteiger partial charge on any atom is 0.226 e. The zero-order valence-corrected chi connectivity index (χ0v) is 10.5. The number of aryl methyl sites for hydroxylation is 1. The van der Waals surface area contributed by atoms with Crippen molar-refractivity contribution < 1.29 is 4.42 Å². The van der Waals surface area contributed by atoms with Crippen LogP contribution in [0.5, 0.6) is 0 Å². The first-order chi connectivity index (χ1) is 7.20. The van der Waals surface area contributed by atoms with Crippen LogP contribution >= 0.6 is 27.5 Å². The molecule has 2 aromatic rings. The first-order valence-electron chi connectivity index (χ1n) is 4.47. The summed E-state index contributed by atoms with van der Waals surface area (Å²) in [7, 11) is 0. The molecule has 0 N–H and O–H groups in total. The van der Waals surface area contributed by atoms with E-state index < -0.39 is 0 Å². The Labute approximate surface area is 101 Å². The molecule has 2 nitrogen and oxygen atoms in total. The van der Waals surface area contributed by atoms with Gasteiger partial charge in [-0.3, -0.25) is 0 Å². The fourth-order valence-corrected chi connectivity index (χ4v) is 1.80. The highest BCUT2D eigenvalue weighted by Crippen LogP contribution is 2.26. The fraction of sp³-hybridized carbons (Fsp3) is 0.182. The van der Waals surface area contributed by atoms with Gasteiger partial charge in [-0.1, -0.05) is 22.0 Å². The number of halogens is 2. The van der Waals surface area contributed by atoms with Gasteiger partial charge < -0.3 is 4.42 Å². The molecule has 0 amide bonds. The van der Waals surface area contributed by atoms with Gasteiger partial charge in [0.1, 0.15) is 6.26 Å². The van der Waals surface area contributed by atoms with E-state index in [1.54, 1.807) is 6.26 Å². The molecule has 78 valence electrons. The minimum Gasteiger partial charge on any atom is -0.444 e. The van der Waals surface area contributed by atoms with Crippen molar-refractivity contribution in [2.75, 3.05) is 0 Å². The molecule has 0 aliphatic heterocycles. The molecule has 0 bridgehead atoms.